The van der Waals surface area contributed by atoms with Crippen LogP contribution in [0.3, 0.4) is 0 Å². The van der Waals surface area contributed by atoms with Crippen LogP contribution in [0.1, 0.15) is 31.7 Å². The van der Waals surface area contributed by atoms with Crippen molar-refractivity contribution >= 4 is 33.3 Å². The smallest absolute Gasteiger partial charge is 0.133 e. The lowest BCUT2D eigenvalue weighted by Crippen LogP contribution is -2.15. The van der Waals surface area contributed by atoms with E-state index in [-0.39, 0.29) is 5.41 Å². The van der Waals surface area contributed by atoms with Crippen LogP contribution in [0.5, 0.6) is 0 Å². The van der Waals surface area contributed by atoms with Gasteiger partial charge >= 0.3 is 0 Å². The van der Waals surface area contributed by atoms with E-state index in [0.29, 0.717) is 12.2 Å². The normalized spacial score (nSPS) is 25.1. The molecule has 1 aromatic carbocycles. The fourth-order valence-electron chi connectivity index (χ4n) is 2.37. The summed E-state index contributed by atoms with van der Waals surface area (Å²) in [7, 11) is 0. The van der Waals surface area contributed by atoms with Crippen LogP contribution in [0.25, 0.3) is 0 Å². The zero-order valence-corrected chi connectivity index (χ0v) is 11.6. The fraction of sp³-hybridized carbons (Fsp3) is 0.462. The van der Waals surface area contributed by atoms with Gasteiger partial charge in [-0.3, -0.25) is 4.79 Å². The molecule has 1 unspecified atom stereocenters. The van der Waals surface area contributed by atoms with Crippen LogP contribution in [0.4, 0.5) is 0 Å². The van der Waals surface area contributed by atoms with Gasteiger partial charge in [0.05, 0.1) is 0 Å². The first-order valence-corrected chi connectivity index (χ1v) is 6.61. The number of ketones is 1. The van der Waals surface area contributed by atoms with Gasteiger partial charge in [0.25, 0.3) is 0 Å². The summed E-state index contributed by atoms with van der Waals surface area (Å²) in [6.07, 6.45) is 3.30. The Hall–Kier alpha value is -0.340. The standard InChI is InChI=1S/C13H14BrClO/c1-13(5-4-11(16)8-13)7-9-2-3-10(14)6-12(9)15/h2-3,6H,4-5,7-8H2,1H3. The lowest BCUT2D eigenvalue weighted by Gasteiger charge is -2.23. The maximum Gasteiger partial charge on any atom is 0.133 e. The van der Waals surface area contributed by atoms with Gasteiger partial charge in [-0.15, -0.1) is 0 Å². The van der Waals surface area contributed by atoms with E-state index in [1.54, 1.807) is 0 Å². The van der Waals surface area contributed by atoms with E-state index in [1.165, 1.54) is 0 Å². The quantitative estimate of drug-likeness (QED) is 0.791. The first-order chi connectivity index (χ1) is 7.48. The molecule has 1 atom stereocenters. The molecule has 0 saturated heterocycles. The fourth-order valence-corrected chi connectivity index (χ4v) is 3.11. The van der Waals surface area contributed by atoms with Crippen LogP contribution in [-0.4, -0.2) is 5.78 Å². The summed E-state index contributed by atoms with van der Waals surface area (Å²) in [6, 6.07) is 5.96. The van der Waals surface area contributed by atoms with Crippen molar-refractivity contribution in [2.45, 2.75) is 32.6 Å². The Kier molecular flexibility index (Phi) is 3.41. The predicted molar refractivity (Wildman–Crippen MR) is 69.8 cm³/mol. The minimum absolute atomic E-state index is 0.106. The Bertz CT molecular complexity index is 430. The number of hydrogen-bond donors (Lipinski definition) is 0. The number of Topliss-reactive ketones (excluding diaryl/α,β-unsaturated/α-hetero) is 1. The van der Waals surface area contributed by atoms with Gasteiger partial charge in [0, 0.05) is 22.3 Å². The summed E-state index contributed by atoms with van der Waals surface area (Å²) in [6.45, 7) is 2.18. The molecule has 0 heterocycles. The molecule has 2 rings (SSSR count). The summed E-state index contributed by atoms with van der Waals surface area (Å²) < 4.78 is 0.994. The highest BCUT2D eigenvalue weighted by atomic mass is 79.9. The highest BCUT2D eigenvalue weighted by molar-refractivity contribution is 9.10. The number of hydrogen-bond acceptors (Lipinski definition) is 1. The minimum Gasteiger partial charge on any atom is -0.300 e. The third kappa shape index (κ3) is 2.67. The topological polar surface area (TPSA) is 17.1 Å². The van der Waals surface area contributed by atoms with Crippen molar-refractivity contribution < 1.29 is 4.79 Å². The first-order valence-electron chi connectivity index (χ1n) is 5.44. The summed E-state index contributed by atoms with van der Waals surface area (Å²) in [5, 5.41) is 0.787. The molecule has 0 radical (unpaired) electrons. The maximum atomic E-state index is 11.3. The third-order valence-electron chi connectivity index (χ3n) is 3.26. The highest BCUT2D eigenvalue weighted by Gasteiger charge is 2.34. The number of carbonyl (C=O) groups excluding carboxylic acids is 1. The maximum absolute atomic E-state index is 11.3. The van der Waals surface area contributed by atoms with Crippen LogP contribution in [0, 0.1) is 5.41 Å². The molecule has 0 spiro atoms. The van der Waals surface area contributed by atoms with Crippen molar-refractivity contribution in [2.75, 3.05) is 0 Å². The minimum atomic E-state index is 0.106. The van der Waals surface area contributed by atoms with E-state index >= 15 is 0 Å². The van der Waals surface area contributed by atoms with E-state index in [0.717, 1.165) is 34.3 Å². The second-order valence-corrected chi connectivity index (χ2v) is 6.26. The summed E-state index contributed by atoms with van der Waals surface area (Å²) in [4.78, 5) is 11.3. The van der Waals surface area contributed by atoms with Gasteiger partial charge in [-0.2, -0.15) is 0 Å². The molecule has 86 valence electrons. The number of carbonyl (C=O) groups is 1. The molecule has 1 aliphatic carbocycles. The van der Waals surface area contributed by atoms with Gasteiger partial charge in [0.1, 0.15) is 5.78 Å². The first kappa shape index (κ1) is 12.1. The van der Waals surface area contributed by atoms with Gasteiger partial charge < -0.3 is 0 Å². The van der Waals surface area contributed by atoms with Crippen molar-refractivity contribution in [2.24, 2.45) is 5.41 Å². The lowest BCUT2D eigenvalue weighted by atomic mass is 9.82. The molecule has 1 saturated carbocycles. The van der Waals surface area contributed by atoms with Crippen molar-refractivity contribution in [3.63, 3.8) is 0 Å². The lowest BCUT2D eigenvalue weighted by molar-refractivity contribution is -0.117. The Labute approximate surface area is 109 Å². The van der Waals surface area contributed by atoms with Gasteiger partial charge in [-0.05, 0) is 36.0 Å². The number of benzene rings is 1. The largest absolute Gasteiger partial charge is 0.300 e. The molecule has 1 nitrogen and oxygen atoms in total. The highest BCUT2D eigenvalue weighted by Crippen LogP contribution is 2.40. The van der Waals surface area contributed by atoms with E-state index in [1.807, 2.05) is 18.2 Å². The molecule has 0 aliphatic heterocycles. The molecule has 1 aromatic rings. The van der Waals surface area contributed by atoms with Gasteiger partial charge in [0.2, 0.25) is 0 Å². The van der Waals surface area contributed by atoms with E-state index in [4.69, 9.17) is 11.6 Å². The Morgan fingerprint density at radius 3 is 2.81 bits per heavy atom. The summed E-state index contributed by atoms with van der Waals surface area (Å²) in [5.74, 6) is 0.385. The Morgan fingerprint density at radius 1 is 1.50 bits per heavy atom. The molecule has 1 aliphatic rings. The summed E-state index contributed by atoms with van der Waals surface area (Å²) in [5.41, 5.74) is 1.25. The van der Waals surface area contributed by atoms with Crippen LogP contribution >= 0.6 is 27.5 Å². The molecular weight excluding hydrogens is 287 g/mol. The monoisotopic (exact) mass is 300 g/mol. The SMILES string of the molecule is CC1(Cc2ccc(Br)cc2Cl)CCC(=O)C1. The average Bonchev–Trinajstić information content (AvgIpc) is 2.52. The predicted octanol–water partition coefficient (Wildman–Crippen LogP) is 4.40. The van der Waals surface area contributed by atoms with Gasteiger partial charge in [0.15, 0.2) is 0 Å². The van der Waals surface area contributed by atoms with Crippen molar-refractivity contribution in [3.05, 3.63) is 33.3 Å². The number of halogens is 2. The Balaban J connectivity index is 2.17. The van der Waals surface area contributed by atoms with E-state index in [2.05, 4.69) is 22.9 Å². The van der Waals surface area contributed by atoms with Crippen molar-refractivity contribution in [3.8, 4) is 0 Å². The Morgan fingerprint density at radius 2 is 2.25 bits per heavy atom. The molecule has 1 fully saturated rings. The van der Waals surface area contributed by atoms with Crippen LogP contribution in [0.2, 0.25) is 5.02 Å². The summed E-state index contributed by atoms with van der Waals surface area (Å²) >= 11 is 9.58. The zero-order chi connectivity index (χ0) is 11.8. The zero-order valence-electron chi connectivity index (χ0n) is 9.22. The number of rotatable bonds is 2. The molecule has 0 N–H and O–H groups in total. The average molecular weight is 302 g/mol. The molecule has 0 amide bonds. The van der Waals surface area contributed by atoms with Crippen molar-refractivity contribution in [1.82, 2.24) is 0 Å². The molecule has 16 heavy (non-hydrogen) atoms. The molecule has 0 bridgehead atoms. The van der Waals surface area contributed by atoms with Crippen LogP contribution in [-0.2, 0) is 11.2 Å². The third-order valence-corrected chi connectivity index (χ3v) is 4.11. The van der Waals surface area contributed by atoms with Crippen LogP contribution < -0.4 is 0 Å². The van der Waals surface area contributed by atoms with E-state index < -0.39 is 0 Å². The van der Waals surface area contributed by atoms with Gasteiger partial charge in [-0.25, -0.2) is 0 Å². The molecule has 0 aromatic heterocycles. The molecule has 3 heteroatoms. The molecular formula is C13H14BrClO. The van der Waals surface area contributed by atoms with Crippen molar-refractivity contribution in [1.29, 1.82) is 0 Å². The second kappa shape index (κ2) is 4.50. The van der Waals surface area contributed by atoms with Crippen LogP contribution in [0.15, 0.2) is 22.7 Å². The second-order valence-electron chi connectivity index (χ2n) is 4.94. The van der Waals surface area contributed by atoms with Gasteiger partial charge in [-0.1, -0.05) is 40.5 Å². The van der Waals surface area contributed by atoms with E-state index in [9.17, 15) is 4.79 Å².